The molecule has 2 aromatic carbocycles. The van der Waals surface area contributed by atoms with Crippen LogP contribution in [0.1, 0.15) is 43.7 Å². The molecule has 1 saturated heterocycles. The first kappa shape index (κ1) is 20.7. The second-order valence-electron chi connectivity index (χ2n) is 7.76. The van der Waals surface area contributed by atoms with Crippen molar-refractivity contribution in [2.75, 3.05) is 24.1 Å². The van der Waals surface area contributed by atoms with Crippen molar-refractivity contribution in [3.63, 3.8) is 0 Å². The molecule has 1 nitrogen and oxygen atoms in total. The van der Waals surface area contributed by atoms with E-state index in [2.05, 4.69) is 34.4 Å². The molecule has 0 bridgehead atoms. The van der Waals surface area contributed by atoms with Crippen molar-refractivity contribution in [1.82, 2.24) is 4.90 Å². The number of rotatable bonds is 7. The van der Waals surface area contributed by atoms with E-state index in [0.29, 0.717) is 0 Å². The predicted molar refractivity (Wildman–Crippen MR) is 117 cm³/mol. The van der Waals surface area contributed by atoms with E-state index in [1.807, 2.05) is 12.1 Å². The number of alkyl halides is 1. The Balaban J connectivity index is 2.05. The minimum atomic E-state index is -0.438. The average Bonchev–Trinajstić information content (AvgIpc) is 2.68. The molecule has 0 amide bonds. The summed E-state index contributed by atoms with van der Waals surface area (Å²) in [5.41, 5.74) is 1.42. The van der Waals surface area contributed by atoms with Crippen molar-refractivity contribution in [3.05, 3.63) is 71.3 Å². The minimum absolute atomic E-state index is 0.235. The van der Waals surface area contributed by atoms with Crippen molar-refractivity contribution in [2.24, 2.45) is 5.92 Å². The van der Waals surface area contributed by atoms with Crippen LogP contribution < -0.4 is 0 Å². The molecule has 146 valence electrons. The van der Waals surface area contributed by atoms with Crippen molar-refractivity contribution in [3.8, 4) is 0 Å². The maximum atomic E-state index is 14.1. The smallest absolute Gasteiger partial charge is 0.123 e. The Bertz CT molecular complexity index is 697. The molecule has 2 aromatic rings. The molecule has 1 unspecified atom stereocenters. The quantitative estimate of drug-likeness (QED) is 0.335. The normalized spacial score (nSPS) is 17.0. The van der Waals surface area contributed by atoms with Gasteiger partial charge >= 0.3 is 0 Å². The van der Waals surface area contributed by atoms with Crippen LogP contribution in [0.2, 0.25) is 0 Å². The van der Waals surface area contributed by atoms with E-state index in [-0.39, 0.29) is 17.6 Å². The maximum Gasteiger partial charge on any atom is 0.123 e. The van der Waals surface area contributed by atoms with Crippen LogP contribution in [0.4, 0.5) is 8.78 Å². The zero-order valence-corrected chi connectivity index (χ0v) is 18.1. The molecule has 0 radical (unpaired) electrons. The van der Waals surface area contributed by atoms with E-state index in [1.165, 1.54) is 31.4 Å². The first-order chi connectivity index (χ1) is 13.0. The summed E-state index contributed by atoms with van der Waals surface area (Å²) in [5, 5.41) is 0. The Labute approximate surface area is 175 Å². The second kappa shape index (κ2) is 9.46. The third kappa shape index (κ3) is 4.89. The molecule has 1 aliphatic rings. The first-order valence-corrected chi connectivity index (χ1v) is 11.4. The Hall–Kier alpha value is -1.01. The van der Waals surface area contributed by atoms with Gasteiger partial charge in [0.25, 0.3) is 0 Å². The lowest BCUT2D eigenvalue weighted by molar-refractivity contribution is 0.163. The summed E-state index contributed by atoms with van der Waals surface area (Å²) in [6.07, 6.45) is 4.81. The van der Waals surface area contributed by atoms with Crippen LogP contribution in [0.15, 0.2) is 48.5 Å². The van der Waals surface area contributed by atoms with Crippen LogP contribution in [0.3, 0.4) is 0 Å². The highest BCUT2D eigenvalue weighted by atomic mass is 127. The zero-order valence-electron chi connectivity index (χ0n) is 15.9. The summed E-state index contributed by atoms with van der Waals surface area (Å²) in [4.78, 5) is 2.54. The van der Waals surface area contributed by atoms with Crippen molar-refractivity contribution >= 4 is 22.6 Å². The van der Waals surface area contributed by atoms with Crippen LogP contribution in [0, 0.1) is 17.6 Å². The molecule has 1 heterocycles. The van der Waals surface area contributed by atoms with Gasteiger partial charge in [-0.25, -0.2) is 8.78 Å². The van der Waals surface area contributed by atoms with Gasteiger partial charge in [-0.05, 0) is 78.1 Å². The molecule has 0 aromatic heterocycles. The summed E-state index contributed by atoms with van der Waals surface area (Å²) >= 11 is 2.42. The SMILES string of the molecule is CC(c1cccc(F)c1)(c1cccc(F)c1)C(CCI)CN1CCCCC1. The van der Waals surface area contributed by atoms with Crippen LogP contribution in [0.5, 0.6) is 0 Å². The lowest BCUT2D eigenvalue weighted by atomic mass is 9.66. The summed E-state index contributed by atoms with van der Waals surface area (Å²) in [7, 11) is 0. The molecular weight excluding hydrogens is 455 g/mol. The van der Waals surface area contributed by atoms with Crippen LogP contribution in [-0.4, -0.2) is 29.0 Å². The molecular formula is C23H28F2IN. The fraction of sp³-hybridized carbons (Fsp3) is 0.478. The lowest BCUT2D eigenvalue weighted by Crippen LogP contribution is -2.43. The van der Waals surface area contributed by atoms with Gasteiger partial charge in [-0.1, -0.05) is 60.2 Å². The Morgan fingerprint density at radius 2 is 1.52 bits per heavy atom. The van der Waals surface area contributed by atoms with Crippen molar-refractivity contribution in [1.29, 1.82) is 0 Å². The van der Waals surface area contributed by atoms with E-state index in [1.54, 1.807) is 24.3 Å². The Morgan fingerprint density at radius 3 is 2.00 bits per heavy atom. The van der Waals surface area contributed by atoms with Gasteiger partial charge in [-0.3, -0.25) is 0 Å². The molecule has 1 atom stereocenters. The van der Waals surface area contributed by atoms with E-state index in [9.17, 15) is 8.78 Å². The molecule has 27 heavy (non-hydrogen) atoms. The Kier molecular flexibility index (Phi) is 7.26. The number of piperidine rings is 1. The maximum absolute atomic E-state index is 14.1. The number of likely N-dealkylation sites (tertiary alicyclic amines) is 1. The van der Waals surface area contributed by atoms with Gasteiger partial charge in [0.2, 0.25) is 0 Å². The van der Waals surface area contributed by atoms with Gasteiger partial charge in [-0.2, -0.15) is 0 Å². The molecule has 1 fully saturated rings. The number of benzene rings is 2. The topological polar surface area (TPSA) is 3.24 Å². The fourth-order valence-corrected chi connectivity index (χ4v) is 5.16. The van der Waals surface area contributed by atoms with E-state index in [4.69, 9.17) is 0 Å². The van der Waals surface area contributed by atoms with Crippen molar-refractivity contribution in [2.45, 2.75) is 38.0 Å². The van der Waals surface area contributed by atoms with Gasteiger partial charge < -0.3 is 4.90 Å². The molecule has 4 heteroatoms. The predicted octanol–water partition coefficient (Wildman–Crippen LogP) is 6.20. The van der Waals surface area contributed by atoms with E-state index >= 15 is 0 Å². The van der Waals surface area contributed by atoms with Gasteiger partial charge in [-0.15, -0.1) is 0 Å². The summed E-state index contributed by atoms with van der Waals surface area (Å²) in [6.45, 7) is 5.38. The molecule has 0 N–H and O–H groups in total. The molecule has 0 aliphatic carbocycles. The minimum Gasteiger partial charge on any atom is -0.303 e. The van der Waals surface area contributed by atoms with Crippen LogP contribution in [0.25, 0.3) is 0 Å². The Morgan fingerprint density at radius 1 is 0.963 bits per heavy atom. The fourth-order valence-electron chi connectivity index (χ4n) is 4.41. The highest BCUT2D eigenvalue weighted by Gasteiger charge is 2.38. The largest absolute Gasteiger partial charge is 0.303 e. The van der Waals surface area contributed by atoms with Crippen LogP contribution >= 0.6 is 22.6 Å². The zero-order chi connectivity index (χ0) is 19.3. The number of hydrogen-bond acceptors (Lipinski definition) is 1. The molecule has 0 spiro atoms. The monoisotopic (exact) mass is 483 g/mol. The summed E-state index contributed by atoms with van der Waals surface area (Å²) < 4.78 is 29.3. The number of hydrogen-bond donors (Lipinski definition) is 0. The molecule has 0 saturated carbocycles. The van der Waals surface area contributed by atoms with Crippen LogP contribution in [-0.2, 0) is 5.41 Å². The highest BCUT2D eigenvalue weighted by Crippen LogP contribution is 2.42. The summed E-state index contributed by atoms with van der Waals surface area (Å²) in [5.74, 6) is -0.182. The van der Waals surface area contributed by atoms with Gasteiger partial charge in [0, 0.05) is 12.0 Å². The third-order valence-corrected chi connectivity index (χ3v) is 6.67. The average molecular weight is 483 g/mol. The summed E-state index contributed by atoms with van der Waals surface area (Å²) in [6, 6.07) is 13.7. The van der Waals surface area contributed by atoms with Gasteiger partial charge in [0.1, 0.15) is 11.6 Å². The van der Waals surface area contributed by atoms with Crippen molar-refractivity contribution < 1.29 is 8.78 Å². The van der Waals surface area contributed by atoms with Gasteiger partial charge in [0.05, 0.1) is 0 Å². The standard InChI is InChI=1S/C23H28F2IN/c1-23(18-7-5-9-21(24)15-18,19-8-6-10-22(25)16-19)20(11-12-26)17-27-13-3-2-4-14-27/h5-10,15-16,20H,2-4,11-14,17H2,1H3. The molecule has 3 rings (SSSR count). The van der Waals surface area contributed by atoms with Gasteiger partial charge in [0.15, 0.2) is 0 Å². The first-order valence-electron chi connectivity index (χ1n) is 9.84. The van der Waals surface area contributed by atoms with E-state index < -0.39 is 5.41 Å². The number of halogens is 3. The second-order valence-corrected chi connectivity index (χ2v) is 8.84. The van der Waals surface area contributed by atoms with E-state index in [0.717, 1.165) is 41.6 Å². The third-order valence-electron chi connectivity index (χ3n) is 6.05. The lowest BCUT2D eigenvalue weighted by Gasteiger charge is -2.42. The highest BCUT2D eigenvalue weighted by molar-refractivity contribution is 14.1. The number of nitrogens with zero attached hydrogens (tertiary/aromatic N) is 1. The molecule has 1 aliphatic heterocycles.